The van der Waals surface area contributed by atoms with Crippen molar-refractivity contribution in [1.82, 2.24) is 4.98 Å². The Hall–Kier alpha value is -1.89. The first-order valence-electron chi connectivity index (χ1n) is 4.39. The molecule has 0 saturated heterocycles. The van der Waals surface area contributed by atoms with Crippen LogP contribution < -0.4 is 0 Å². The van der Waals surface area contributed by atoms with Crippen LogP contribution in [0.4, 0.5) is 8.78 Å². The smallest absolute Gasteiger partial charge is 0.196 e. The van der Waals surface area contributed by atoms with Crippen LogP contribution in [0, 0.1) is 24.0 Å². The van der Waals surface area contributed by atoms with Crippen molar-refractivity contribution in [3.63, 3.8) is 0 Å². The van der Waals surface area contributed by atoms with Crippen LogP contribution in [-0.4, -0.2) is 4.98 Å². The van der Waals surface area contributed by atoms with Gasteiger partial charge < -0.3 is 4.42 Å². The monoisotopic (exact) mass is 207 g/mol. The molecule has 0 aliphatic heterocycles. The Morgan fingerprint density at radius 1 is 1.33 bits per heavy atom. The van der Waals surface area contributed by atoms with E-state index < -0.39 is 11.6 Å². The van der Waals surface area contributed by atoms with Crippen molar-refractivity contribution in [2.24, 2.45) is 0 Å². The summed E-state index contributed by atoms with van der Waals surface area (Å²) in [5.74, 6) is 1.44. The molecular formula is C11H7F2NO. The highest BCUT2D eigenvalue weighted by molar-refractivity contribution is 5.73. The van der Waals surface area contributed by atoms with Crippen molar-refractivity contribution in [3.8, 4) is 12.3 Å². The number of benzene rings is 1. The number of fused-ring (bicyclic) bond motifs is 1. The molecule has 0 aliphatic carbocycles. The van der Waals surface area contributed by atoms with E-state index in [4.69, 9.17) is 10.8 Å². The molecule has 0 N–H and O–H groups in total. The first kappa shape index (κ1) is 9.66. The highest BCUT2D eigenvalue weighted by Crippen LogP contribution is 2.22. The minimum Gasteiger partial charge on any atom is -0.437 e. The molecule has 76 valence electrons. The number of hydrogen-bond donors (Lipinski definition) is 0. The molecule has 0 fully saturated rings. The van der Waals surface area contributed by atoms with Gasteiger partial charge in [0.2, 0.25) is 0 Å². The molecule has 0 atom stereocenters. The molecule has 0 bridgehead atoms. The topological polar surface area (TPSA) is 26.0 Å². The highest BCUT2D eigenvalue weighted by Gasteiger charge is 2.13. The van der Waals surface area contributed by atoms with Crippen LogP contribution in [0.2, 0.25) is 0 Å². The van der Waals surface area contributed by atoms with Crippen molar-refractivity contribution in [2.75, 3.05) is 0 Å². The number of nitrogens with zero attached hydrogens (tertiary/aromatic N) is 1. The van der Waals surface area contributed by atoms with Crippen molar-refractivity contribution in [3.05, 3.63) is 29.7 Å². The zero-order valence-corrected chi connectivity index (χ0v) is 7.76. The van der Waals surface area contributed by atoms with Gasteiger partial charge in [-0.15, -0.1) is 12.3 Å². The Labute approximate surface area is 84.9 Å². The van der Waals surface area contributed by atoms with Crippen LogP contribution in [0.3, 0.4) is 0 Å². The first-order valence-corrected chi connectivity index (χ1v) is 4.39. The maximum atomic E-state index is 13.2. The number of aromatic nitrogens is 1. The first-order chi connectivity index (χ1) is 7.22. The van der Waals surface area contributed by atoms with E-state index in [1.165, 1.54) is 0 Å². The van der Waals surface area contributed by atoms with Crippen molar-refractivity contribution >= 4 is 11.1 Å². The van der Waals surface area contributed by atoms with E-state index in [-0.39, 0.29) is 17.0 Å². The molecule has 2 aromatic rings. The second-order valence-electron chi connectivity index (χ2n) is 3.02. The third-order valence-electron chi connectivity index (χ3n) is 1.97. The zero-order valence-electron chi connectivity index (χ0n) is 7.76. The Morgan fingerprint density at radius 3 is 2.73 bits per heavy atom. The Balaban J connectivity index is 2.51. The molecule has 0 aliphatic rings. The summed E-state index contributed by atoms with van der Waals surface area (Å²) >= 11 is 0. The summed E-state index contributed by atoms with van der Waals surface area (Å²) in [6, 6.07) is 2.03. The van der Waals surface area contributed by atoms with Gasteiger partial charge in [-0.1, -0.05) is 0 Å². The minimum atomic E-state index is -0.620. The standard InChI is InChI=1S/C11H7F2NO/c1-2-3-4-9-14-10-7(12)5-6-8(13)11(10)15-9/h1,5-6H,3-4H2. The Morgan fingerprint density at radius 2 is 2.07 bits per heavy atom. The van der Waals surface area contributed by atoms with Crippen LogP contribution in [0.5, 0.6) is 0 Å². The largest absolute Gasteiger partial charge is 0.437 e. The van der Waals surface area contributed by atoms with E-state index in [0.717, 1.165) is 12.1 Å². The molecule has 15 heavy (non-hydrogen) atoms. The molecule has 1 heterocycles. The predicted molar refractivity (Wildman–Crippen MR) is 51.1 cm³/mol. The fraction of sp³-hybridized carbons (Fsp3) is 0.182. The van der Waals surface area contributed by atoms with Gasteiger partial charge in [-0.2, -0.15) is 0 Å². The zero-order chi connectivity index (χ0) is 10.8. The second-order valence-corrected chi connectivity index (χ2v) is 3.02. The molecule has 0 amide bonds. The lowest BCUT2D eigenvalue weighted by atomic mass is 10.3. The van der Waals surface area contributed by atoms with Gasteiger partial charge in [0.15, 0.2) is 23.1 Å². The fourth-order valence-electron chi connectivity index (χ4n) is 1.28. The van der Waals surface area contributed by atoms with Gasteiger partial charge in [-0.3, -0.25) is 0 Å². The molecular weight excluding hydrogens is 200 g/mol. The van der Waals surface area contributed by atoms with Gasteiger partial charge in [0.05, 0.1) is 0 Å². The molecule has 0 spiro atoms. The summed E-state index contributed by atoms with van der Waals surface area (Å²) in [6.45, 7) is 0. The average Bonchev–Trinajstić information content (AvgIpc) is 2.66. The van der Waals surface area contributed by atoms with Gasteiger partial charge in [0.1, 0.15) is 5.52 Å². The van der Waals surface area contributed by atoms with Crippen LogP contribution >= 0.6 is 0 Å². The van der Waals surface area contributed by atoms with Crippen molar-refractivity contribution in [2.45, 2.75) is 12.8 Å². The number of oxazole rings is 1. The van der Waals surface area contributed by atoms with Gasteiger partial charge in [0.25, 0.3) is 0 Å². The van der Waals surface area contributed by atoms with Gasteiger partial charge in [0, 0.05) is 12.8 Å². The van der Waals surface area contributed by atoms with Gasteiger partial charge >= 0.3 is 0 Å². The summed E-state index contributed by atoms with van der Waals surface area (Å²) in [4.78, 5) is 3.83. The lowest BCUT2D eigenvalue weighted by molar-refractivity contribution is 0.506. The number of aryl methyl sites for hydroxylation is 1. The minimum absolute atomic E-state index is 0.0815. The maximum Gasteiger partial charge on any atom is 0.196 e. The van der Waals surface area contributed by atoms with Crippen LogP contribution in [0.1, 0.15) is 12.3 Å². The van der Waals surface area contributed by atoms with E-state index in [1.54, 1.807) is 0 Å². The van der Waals surface area contributed by atoms with E-state index in [0.29, 0.717) is 12.8 Å². The lowest BCUT2D eigenvalue weighted by Gasteiger charge is -1.89. The second kappa shape index (κ2) is 3.70. The third-order valence-corrected chi connectivity index (χ3v) is 1.97. The summed E-state index contributed by atoms with van der Waals surface area (Å²) in [5.41, 5.74) is -0.232. The fourth-order valence-corrected chi connectivity index (χ4v) is 1.28. The van der Waals surface area contributed by atoms with E-state index in [9.17, 15) is 8.78 Å². The summed E-state index contributed by atoms with van der Waals surface area (Å²) in [7, 11) is 0. The summed E-state index contributed by atoms with van der Waals surface area (Å²) < 4.78 is 31.4. The number of hydrogen-bond acceptors (Lipinski definition) is 2. The maximum absolute atomic E-state index is 13.2. The molecule has 1 aromatic carbocycles. The van der Waals surface area contributed by atoms with Crippen LogP contribution in [0.15, 0.2) is 16.5 Å². The highest BCUT2D eigenvalue weighted by atomic mass is 19.1. The molecule has 4 heteroatoms. The third kappa shape index (κ3) is 1.68. The van der Waals surface area contributed by atoms with Crippen molar-refractivity contribution < 1.29 is 13.2 Å². The SMILES string of the molecule is C#CCCc1nc2c(F)ccc(F)c2o1. The molecule has 2 nitrogen and oxygen atoms in total. The Bertz CT molecular complexity index is 500. The molecule has 2 rings (SSSR count). The van der Waals surface area contributed by atoms with Crippen LogP contribution in [0.25, 0.3) is 11.1 Å². The number of halogens is 2. The van der Waals surface area contributed by atoms with E-state index in [2.05, 4.69) is 10.9 Å². The van der Waals surface area contributed by atoms with E-state index >= 15 is 0 Å². The Kier molecular flexibility index (Phi) is 2.38. The summed E-state index contributed by atoms with van der Waals surface area (Å²) in [6.07, 6.45) is 5.87. The summed E-state index contributed by atoms with van der Waals surface area (Å²) in [5, 5.41) is 0. The molecule has 0 unspecified atom stereocenters. The van der Waals surface area contributed by atoms with E-state index in [1.807, 2.05) is 0 Å². The molecule has 0 saturated carbocycles. The quantitative estimate of drug-likeness (QED) is 0.707. The predicted octanol–water partition coefficient (Wildman–Crippen LogP) is 2.67. The molecule has 0 radical (unpaired) electrons. The normalized spacial score (nSPS) is 10.5. The van der Waals surface area contributed by atoms with Gasteiger partial charge in [-0.25, -0.2) is 13.8 Å². The average molecular weight is 207 g/mol. The number of terminal acetylenes is 1. The molecule has 1 aromatic heterocycles. The lowest BCUT2D eigenvalue weighted by Crippen LogP contribution is -1.83. The van der Waals surface area contributed by atoms with Gasteiger partial charge in [-0.05, 0) is 12.1 Å². The van der Waals surface area contributed by atoms with Crippen LogP contribution in [-0.2, 0) is 6.42 Å². The number of rotatable bonds is 2. The van der Waals surface area contributed by atoms with Crippen molar-refractivity contribution in [1.29, 1.82) is 0 Å².